The molecular formula is C22H22FN5O3S. The highest BCUT2D eigenvalue weighted by atomic mass is 32.2. The minimum absolute atomic E-state index is 0.0795. The van der Waals surface area contributed by atoms with Crippen LogP contribution in [0, 0.1) is 17.1 Å². The first-order valence-electron chi connectivity index (χ1n) is 9.76. The molecule has 1 heterocycles. The number of amides is 1. The molecule has 8 nitrogen and oxygen atoms in total. The Balaban J connectivity index is 1.58. The minimum atomic E-state index is -3.14. The van der Waals surface area contributed by atoms with Gasteiger partial charge in [-0.3, -0.25) is 4.79 Å². The zero-order valence-electron chi connectivity index (χ0n) is 17.4. The van der Waals surface area contributed by atoms with Crippen LogP contribution in [-0.2, 0) is 22.0 Å². The molecule has 0 spiro atoms. The Morgan fingerprint density at radius 3 is 2.44 bits per heavy atom. The van der Waals surface area contributed by atoms with Gasteiger partial charge < -0.3 is 11.1 Å². The molecule has 0 saturated carbocycles. The van der Waals surface area contributed by atoms with Crippen molar-refractivity contribution in [2.75, 3.05) is 18.5 Å². The lowest BCUT2D eigenvalue weighted by Gasteiger charge is -2.06. The van der Waals surface area contributed by atoms with Gasteiger partial charge >= 0.3 is 0 Å². The molecule has 0 aliphatic heterocycles. The van der Waals surface area contributed by atoms with Crippen molar-refractivity contribution in [2.24, 2.45) is 0 Å². The first-order valence-corrected chi connectivity index (χ1v) is 11.8. The molecule has 0 bridgehead atoms. The summed E-state index contributed by atoms with van der Waals surface area (Å²) in [5, 5.41) is 16.6. The number of hydrogen-bond acceptors (Lipinski definition) is 6. The van der Waals surface area contributed by atoms with Crippen molar-refractivity contribution in [3.05, 3.63) is 76.7 Å². The first-order chi connectivity index (χ1) is 15.2. The summed E-state index contributed by atoms with van der Waals surface area (Å²) in [6, 6.07) is 14.0. The number of halogens is 1. The van der Waals surface area contributed by atoms with Crippen LogP contribution in [0.4, 0.5) is 10.2 Å². The fourth-order valence-electron chi connectivity index (χ4n) is 3.17. The molecule has 10 heteroatoms. The smallest absolute Gasteiger partial charge is 0.251 e. The molecule has 2 aromatic carbocycles. The number of nitriles is 1. The second-order valence-electron chi connectivity index (χ2n) is 7.33. The van der Waals surface area contributed by atoms with Gasteiger partial charge in [0, 0.05) is 18.4 Å². The van der Waals surface area contributed by atoms with E-state index in [-0.39, 0.29) is 28.9 Å². The van der Waals surface area contributed by atoms with E-state index in [1.807, 2.05) is 6.07 Å². The predicted molar refractivity (Wildman–Crippen MR) is 118 cm³/mol. The van der Waals surface area contributed by atoms with Gasteiger partial charge in [-0.2, -0.15) is 10.4 Å². The molecule has 3 rings (SSSR count). The summed E-state index contributed by atoms with van der Waals surface area (Å²) < 4.78 is 37.2. The lowest BCUT2D eigenvalue weighted by atomic mass is 10.1. The van der Waals surface area contributed by atoms with Crippen LogP contribution in [0.25, 0.3) is 5.69 Å². The number of nitrogens with one attached hydrogen (secondary N) is 1. The summed E-state index contributed by atoms with van der Waals surface area (Å²) in [4.78, 5) is 12.3. The topological polar surface area (TPSA) is 131 Å². The number of benzene rings is 2. The quantitative estimate of drug-likeness (QED) is 0.502. The summed E-state index contributed by atoms with van der Waals surface area (Å²) in [5.74, 6) is -0.579. The van der Waals surface area contributed by atoms with Crippen LogP contribution in [0.15, 0.2) is 48.5 Å². The van der Waals surface area contributed by atoms with Crippen molar-refractivity contribution in [3.63, 3.8) is 0 Å². The second-order valence-corrected chi connectivity index (χ2v) is 9.47. The average molecular weight is 456 g/mol. The zero-order valence-corrected chi connectivity index (χ0v) is 18.2. The average Bonchev–Trinajstić information content (AvgIpc) is 3.06. The number of nitrogen functional groups attached to an aromatic ring is 1. The highest BCUT2D eigenvalue weighted by molar-refractivity contribution is 7.89. The Morgan fingerprint density at radius 2 is 1.84 bits per heavy atom. The van der Waals surface area contributed by atoms with Crippen molar-refractivity contribution < 1.29 is 17.6 Å². The maximum absolute atomic E-state index is 13.2. The number of aromatic nitrogens is 2. The Bertz CT molecular complexity index is 1260. The van der Waals surface area contributed by atoms with Crippen LogP contribution in [-0.4, -0.2) is 36.9 Å². The maximum atomic E-state index is 13.2. The van der Waals surface area contributed by atoms with E-state index in [0.29, 0.717) is 41.9 Å². The monoisotopic (exact) mass is 455 g/mol. The third kappa shape index (κ3) is 5.70. The van der Waals surface area contributed by atoms with Gasteiger partial charge in [-0.15, -0.1) is 0 Å². The number of nitrogens with two attached hydrogens (primary N) is 1. The molecule has 166 valence electrons. The number of nitrogens with zero attached hydrogens (tertiary/aromatic N) is 3. The van der Waals surface area contributed by atoms with Crippen LogP contribution in [0.5, 0.6) is 0 Å². The van der Waals surface area contributed by atoms with E-state index in [1.165, 1.54) is 28.9 Å². The molecule has 0 aliphatic carbocycles. The van der Waals surface area contributed by atoms with Gasteiger partial charge in [0.2, 0.25) is 0 Å². The Morgan fingerprint density at radius 1 is 1.19 bits per heavy atom. The van der Waals surface area contributed by atoms with E-state index >= 15 is 0 Å². The molecule has 0 unspecified atom stereocenters. The molecule has 1 aromatic heterocycles. The van der Waals surface area contributed by atoms with Crippen LogP contribution < -0.4 is 11.1 Å². The largest absolute Gasteiger partial charge is 0.382 e. The fraction of sp³-hybridized carbons (Fsp3) is 0.227. The molecule has 0 aliphatic rings. The zero-order chi connectivity index (χ0) is 23.3. The van der Waals surface area contributed by atoms with Crippen LogP contribution in [0.3, 0.4) is 0 Å². The van der Waals surface area contributed by atoms with Gasteiger partial charge in [-0.1, -0.05) is 12.1 Å². The van der Waals surface area contributed by atoms with Crippen LogP contribution >= 0.6 is 0 Å². The number of carbonyl (C=O) groups is 1. The molecule has 0 atom stereocenters. The van der Waals surface area contributed by atoms with E-state index in [2.05, 4.69) is 10.4 Å². The molecule has 32 heavy (non-hydrogen) atoms. The third-order valence-corrected chi connectivity index (χ3v) is 5.56. The number of carbonyl (C=O) groups excluding carboxylic acids is 1. The predicted octanol–water partition coefficient (Wildman–Crippen LogP) is 2.37. The summed E-state index contributed by atoms with van der Waals surface area (Å²) in [6.45, 7) is 0.345. The second kappa shape index (κ2) is 9.62. The molecule has 0 radical (unpaired) electrons. The number of rotatable bonds is 8. The number of sulfone groups is 1. The molecule has 0 fully saturated rings. The third-order valence-electron chi connectivity index (χ3n) is 4.70. The summed E-state index contributed by atoms with van der Waals surface area (Å²) in [6.07, 6.45) is 2.09. The fourth-order valence-corrected chi connectivity index (χ4v) is 3.97. The van der Waals surface area contributed by atoms with Gasteiger partial charge in [0.1, 0.15) is 23.3 Å². The highest BCUT2D eigenvalue weighted by Gasteiger charge is 2.16. The van der Waals surface area contributed by atoms with Crippen LogP contribution in [0.1, 0.15) is 33.6 Å². The number of aryl methyl sites for hydroxylation is 1. The van der Waals surface area contributed by atoms with Crippen molar-refractivity contribution in [3.8, 4) is 11.8 Å². The molecule has 0 saturated heterocycles. The molecule has 3 aromatic rings. The van der Waals surface area contributed by atoms with Crippen molar-refractivity contribution in [1.82, 2.24) is 15.1 Å². The Labute approximate surface area is 185 Å². The maximum Gasteiger partial charge on any atom is 0.251 e. The molecule has 1 amide bonds. The van der Waals surface area contributed by atoms with E-state index in [4.69, 9.17) is 5.73 Å². The number of anilines is 1. The first kappa shape index (κ1) is 23.0. The van der Waals surface area contributed by atoms with Crippen molar-refractivity contribution in [2.45, 2.75) is 18.6 Å². The normalized spacial score (nSPS) is 11.2. The standard InChI is InChI=1S/C22H22FN5O3S/c1-32(30,31)14-15-4-6-16(7-5-15)22(29)26-12-2-3-20-19(13-24)21(25)28(27-20)18-10-8-17(23)9-11-18/h4-11H,2-3,12,14,25H2,1H3,(H,26,29). The number of hydrogen-bond donors (Lipinski definition) is 2. The minimum Gasteiger partial charge on any atom is -0.382 e. The van der Waals surface area contributed by atoms with Crippen molar-refractivity contribution >= 4 is 21.6 Å². The molecule has 3 N–H and O–H groups in total. The van der Waals surface area contributed by atoms with Gasteiger partial charge in [0.25, 0.3) is 5.91 Å². The summed E-state index contributed by atoms with van der Waals surface area (Å²) in [5.41, 5.74) is 8.36. The molecular weight excluding hydrogens is 433 g/mol. The van der Waals surface area contributed by atoms with Crippen molar-refractivity contribution in [1.29, 1.82) is 5.26 Å². The van der Waals surface area contributed by atoms with Gasteiger partial charge in [-0.05, 0) is 54.8 Å². The lowest BCUT2D eigenvalue weighted by Crippen LogP contribution is -2.24. The van der Waals surface area contributed by atoms with E-state index in [1.54, 1.807) is 24.3 Å². The summed E-state index contributed by atoms with van der Waals surface area (Å²) >= 11 is 0. The van der Waals surface area contributed by atoms with Gasteiger partial charge in [-0.25, -0.2) is 17.5 Å². The Hall–Kier alpha value is -3.71. The Kier molecular flexibility index (Phi) is 6.90. The van der Waals surface area contributed by atoms with Crippen LogP contribution in [0.2, 0.25) is 0 Å². The SMILES string of the molecule is CS(=O)(=O)Cc1ccc(C(=O)NCCCc2nn(-c3ccc(F)cc3)c(N)c2C#N)cc1. The summed E-state index contributed by atoms with van der Waals surface area (Å²) in [7, 11) is -3.14. The lowest BCUT2D eigenvalue weighted by molar-refractivity contribution is 0.0953. The van der Waals surface area contributed by atoms with E-state index in [0.717, 1.165) is 6.26 Å². The van der Waals surface area contributed by atoms with Gasteiger partial charge in [0.15, 0.2) is 9.84 Å². The van der Waals surface area contributed by atoms with Gasteiger partial charge in [0.05, 0.1) is 17.1 Å². The van der Waals surface area contributed by atoms with E-state index in [9.17, 15) is 22.9 Å². The highest BCUT2D eigenvalue weighted by Crippen LogP contribution is 2.21. The van der Waals surface area contributed by atoms with E-state index < -0.39 is 9.84 Å².